The van der Waals surface area contributed by atoms with E-state index in [4.69, 9.17) is 4.74 Å². The van der Waals surface area contributed by atoms with E-state index >= 15 is 0 Å². The smallest absolute Gasteiger partial charge is 0.0813 e. The standard InChI is InChI=1S/C9H13BrOS/c1-3-7(2)11-6-8-4-5-9(10)12-8/h4-5,7H,3,6H2,1-2H3. The molecule has 1 aromatic heterocycles. The molecule has 1 aromatic rings. The maximum absolute atomic E-state index is 5.58. The molecule has 0 N–H and O–H groups in total. The lowest BCUT2D eigenvalue weighted by molar-refractivity contribution is 0.0525. The highest BCUT2D eigenvalue weighted by molar-refractivity contribution is 9.11. The van der Waals surface area contributed by atoms with Gasteiger partial charge in [-0.05, 0) is 41.4 Å². The topological polar surface area (TPSA) is 9.23 Å². The zero-order valence-electron chi connectivity index (χ0n) is 7.34. The van der Waals surface area contributed by atoms with Crippen molar-refractivity contribution in [2.24, 2.45) is 0 Å². The average molecular weight is 249 g/mol. The van der Waals surface area contributed by atoms with Gasteiger partial charge >= 0.3 is 0 Å². The second-order valence-corrected chi connectivity index (χ2v) is 5.28. The lowest BCUT2D eigenvalue weighted by Crippen LogP contribution is -2.04. The van der Waals surface area contributed by atoms with Gasteiger partial charge in [-0.1, -0.05) is 6.92 Å². The SMILES string of the molecule is CCC(C)OCc1ccc(Br)s1. The molecule has 0 spiro atoms. The first-order chi connectivity index (χ1) is 5.72. The number of hydrogen-bond acceptors (Lipinski definition) is 2. The number of ether oxygens (including phenoxy) is 1. The van der Waals surface area contributed by atoms with E-state index < -0.39 is 0 Å². The largest absolute Gasteiger partial charge is 0.373 e. The van der Waals surface area contributed by atoms with Crippen LogP contribution in [0.3, 0.4) is 0 Å². The quantitative estimate of drug-likeness (QED) is 0.788. The van der Waals surface area contributed by atoms with E-state index in [9.17, 15) is 0 Å². The van der Waals surface area contributed by atoms with Gasteiger partial charge in [0.2, 0.25) is 0 Å². The summed E-state index contributed by atoms with van der Waals surface area (Å²) in [5.41, 5.74) is 0. The van der Waals surface area contributed by atoms with Crippen LogP contribution < -0.4 is 0 Å². The van der Waals surface area contributed by atoms with Crippen molar-refractivity contribution in [1.29, 1.82) is 0 Å². The Morgan fingerprint density at radius 1 is 1.58 bits per heavy atom. The third-order valence-electron chi connectivity index (χ3n) is 1.71. The van der Waals surface area contributed by atoms with Gasteiger partial charge in [-0.25, -0.2) is 0 Å². The van der Waals surface area contributed by atoms with Gasteiger partial charge in [-0.2, -0.15) is 0 Å². The molecule has 0 fully saturated rings. The molecule has 68 valence electrons. The first-order valence-corrected chi connectivity index (χ1v) is 5.69. The molecular weight excluding hydrogens is 236 g/mol. The van der Waals surface area contributed by atoms with Gasteiger partial charge < -0.3 is 4.74 Å². The maximum atomic E-state index is 5.58. The summed E-state index contributed by atoms with van der Waals surface area (Å²) in [6, 6.07) is 4.15. The van der Waals surface area contributed by atoms with Crippen molar-refractivity contribution in [2.45, 2.75) is 33.0 Å². The van der Waals surface area contributed by atoms with Crippen LogP contribution >= 0.6 is 27.3 Å². The Balaban J connectivity index is 2.33. The molecule has 0 saturated carbocycles. The van der Waals surface area contributed by atoms with Gasteiger partial charge in [0.15, 0.2) is 0 Å². The fourth-order valence-corrected chi connectivity index (χ4v) is 2.18. The highest BCUT2D eigenvalue weighted by atomic mass is 79.9. The molecule has 0 aromatic carbocycles. The van der Waals surface area contributed by atoms with Gasteiger partial charge in [0.05, 0.1) is 16.5 Å². The van der Waals surface area contributed by atoms with Gasteiger partial charge in [0.1, 0.15) is 0 Å². The molecule has 1 atom stereocenters. The Kier molecular flexibility index (Phi) is 4.26. The molecule has 0 amide bonds. The Labute approximate surface area is 85.9 Å². The average Bonchev–Trinajstić information content (AvgIpc) is 2.47. The minimum absolute atomic E-state index is 0.367. The normalized spacial score (nSPS) is 13.2. The molecule has 12 heavy (non-hydrogen) atoms. The highest BCUT2D eigenvalue weighted by Gasteiger charge is 2.01. The van der Waals surface area contributed by atoms with Crippen LogP contribution in [-0.2, 0) is 11.3 Å². The van der Waals surface area contributed by atoms with E-state index in [2.05, 4.69) is 41.9 Å². The van der Waals surface area contributed by atoms with Gasteiger partial charge in [-0.3, -0.25) is 0 Å². The second-order valence-electron chi connectivity index (χ2n) is 2.74. The van der Waals surface area contributed by atoms with Crippen molar-refractivity contribution < 1.29 is 4.74 Å². The predicted octanol–water partition coefficient (Wildman–Crippen LogP) is 3.83. The first kappa shape index (κ1) is 10.2. The van der Waals surface area contributed by atoms with Crippen LogP contribution in [0.25, 0.3) is 0 Å². The van der Waals surface area contributed by atoms with Crippen molar-refractivity contribution in [3.63, 3.8) is 0 Å². The second kappa shape index (κ2) is 5.00. The summed E-state index contributed by atoms with van der Waals surface area (Å²) in [4.78, 5) is 1.28. The Morgan fingerprint density at radius 3 is 2.83 bits per heavy atom. The van der Waals surface area contributed by atoms with Crippen LogP contribution in [0.2, 0.25) is 0 Å². The van der Waals surface area contributed by atoms with E-state index in [1.165, 1.54) is 8.66 Å². The molecule has 0 aliphatic heterocycles. The number of rotatable bonds is 4. The highest BCUT2D eigenvalue weighted by Crippen LogP contribution is 2.22. The summed E-state index contributed by atoms with van der Waals surface area (Å²) in [5.74, 6) is 0. The number of halogens is 1. The summed E-state index contributed by atoms with van der Waals surface area (Å²) in [5, 5.41) is 0. The Bertz CT molecular complexity index is 234. The maximum Gasteiger partial charge on any atom is 0.0813 e. The molecule has 0 aliphatic rings. The van der Waals surface area contributed by atoms with Crippen molar-refractivity contribution in [3.05, 3.63) is 20.8 Å². The van der Waals surface area contributed by atoms with Gasteiger partial charge in [-0.15, -0.1) is 11.3 Å². The minimum Gasteiger partial charge on any atom is -0.373 e. The predicted molar refractivity (Wildman–Crippen MR) is 56.6 cm³/mol. The summed E-state index contributed by atoms with van der Waals surface area (Å²) < 4.78 is 6.75. The van der Waals surface area contributed by atoms with Crippen molar-refractivity contribution in [3.8, 4) is 0 Å². The van der Waals surface area contributed by atoms with Gasteiger partial charge in [0, 0.05) is 4.88 Å². The van der Waals surface area contributed by atoms with Crippen LogP contribution in [-0.4, -0.2) is 6.10 Å². The Hall–Kier alpha value is 0.140. The third-order valence-corrected chi connectivity index (χ3v) is 3.31. The Morgan fingerprint density at radius 2 is 2.33 bits per heavy atom. The minimum atomic E-state index is 0.367. The lowest BCUT2D eigenvalue weighted by Gasteiger charge is -2.08. The monoisotopic (exact) mass is 248 g/mol. The first-order valence-electron chi connectivity index (χ1n) is 4.08. The fraction of sp³-hybridized carbons (Fsp3) is 0.556. The lowest BCUT2D eigenvalue weighted by atomic mass is 10.3. The summed E-state index contributed by atoms with van der Waals surface area (Å²) in [7, 11) is 0. The van der Waals surface area contributed by atoms with E-state index in [1.807, 2.05) is 0 Å². The summed E-state index contributed by atoms with van der Waals surface area (Å²) in [6.45, 7) is 4.98. The van der Waals surface area contributed by atoms with E-state index in [0.29, 0.717) is 6.10 Å². The van der Waals surface area contributed by atoms with Crippen LogP contribution in [0.4, 0.5) is 0 Å². The zero-order chi connectivity index (χ0) is 8.97. The number of hydrogen-bond donors (Lipinski definition) is 0. The molecule has 1 nitrogen and oxygen atoms in total. The van der Waals surface area contributed by atoms with Gasteiger partial charge in [0.25, 0.3) is 0 Å². The molecule has 0 radical (unpaired) electrons. The third kappa shape index (κ3) is 3.25. The molecular formula is C9H13BrOS. The van der Waals surface area contributed by atoms with E-state index in [1.54, 1.807) is 11.3 Å². The molecule has 0 bridgehead atoms. The summed E-state index contributed by atoms with van der Waals surface area (Å²) in [6.07, 6.45) is 1.44. The molecule has 3 heteroatoms. The molecule has 1 heterocycles. The van der Waals surface area contributed by atoms with Crippen molar-refractivity contribution in [2.75, 3.05) is 0 Å². The van der Waals surface area contributed by atoms with Crippen molar-refractivity contribution >= 4 is 27.3 Å². The fourth-order valence-electron chi connectivity index (χ4n) is 0.772. The van der Waals surface area contributed by atoms with E-state index in [0.717, 1.165) is 13.0 Å². The van der Waals surface area contributed by atoms with E-state index in [-0.39, 0.29) is 0 Å². The van der Waals surface area contributed by atoms with Crippen LogP contribution in [0.1, 0.15) is 25.1 Å². The zero-order valence-corrected chi connectivity index (χ0v) is 9.74. The number of thiophene rings is 1. The van der Waals surface area contributed by atoms with Crippen LogP contribution in [0, 0.1) is 0 Å². The summed E-state index contributed by atoms with van der Waals surface area (Å²) >= 11 is 5.15. The van der Waals surface area contributed by atoms with Crippen LogP contribution in [0.15, 0.2) is 15.9 Å². The molecule has 0 aliphatic carbocycles. The molecule has 0 saturated heterocycles. The van der Waals surface area contributed by atoms with Crippen LogP contribution in [0.5, 0.6) is 0 Å². The van der Waals surface area contributed by atoms with Crippen molar-refractivity contribution in [1.82, 2.24) is 0 Å². The molecule has 1 unspecified atom stereocenters. The molecule has 1 rings (SSSR count).